The number of anilines is 1. The van der Waals surface area contributed by atoms with E-state index in [1.807, 2.05) is 24.3 Å². The molecule has 2 heterocycles. The summed E-state index contributed by atoms with van der Waals surface area (Å²) in [6.07, 6.45) is 3.39. The molecule has 1 saturated heterocycles. The van der Waals surface area contributed by atoms with E-state index in [4.69, 9.17) is 9.72 Å². The number of nitrogens with one attached hydrogen (secondary N) is 1. The summed E-state index contributed by atoms with van der Waals surface area (Å²) < 4.78 is 5.93. The van der Waals surface area contributed by atoms with Gasteiger partial charge in [-0.1, -0.05) is 51.1 Å². The van der Waals surface area contributed by atoms with Gasteiger partial charge >= 0.3 is 5.97 Å². The lowest BCUT2D eigenvalue weighted by Crippen LogP contribution is -2.50. The first-order valence-electron chi connectivity index (χ1n) is 10.4. The maximum Gasteiger partial charge on any atom is 0.309 e. The van der Waals surface area contributed by atoms with Crippen molar-refractivity contribution in [1.82, 2.24) is 4.98 Å². The number of rotatable bonds is 3. The summed E-state index contributed by atoms with van der Waals surface area (Å²) in [5, 5.41) is 4.53. The Morgan fingerprint density at radius 3 is 2.82 bits per heavy atom. The Hall–Kier alpha value is -1.88. The van der Waals surface area contributed by atoms with E-state index in [1.54, 1.807) is 0 Å². The van der Waals surface area contributed by atoms with Crippen LogP contribution in [0.1, 0.15) is 55.7 Å². The average Bonchev–Trinajstić information content (AvgIpc) is 3.21. The molecule has 0 spiro atoms. The maximum atomic E-state index is 12.2. The molecule has 0 unspecified atom stereocenters. The molecule has 5 rings (SSSR count). The summed E-state index contributed by atoms with van der Waals surface area (Å²) in [4.78, 5) is 18.7. The van der Waals surface area contributed by atoms with Gasteiger partial charge < -0.3 is 10.1 Å². The molecule has 2 aromatic rings. The number of fused-ring (bicyclic) bond motifs is 4. The van der Waals surface area contributed by atoms with Crippen molar-refractivity contribution in [3.05, 3.63) is 46.5 Å². The number of nitrogens with zero attached hydrogens (tertiary/aromatic N) is 1. The van der Waals surface area contributed by atoms with Crippen LogP contribution in [0, 0.1) is 23.2 Å². The number of ether oxygens (including phenoxy) is 1. The van der Waals surface area contributed by atoms with Gasteiger partial charge in [-0.3, -0.25) is 4.79 Å². The van der Waals surface area contributed by atoms with Crippen LogP contribution >= 0.6 is 11.3 Å². The zero-order valence-electron chi connectivity index (χ0n) is 16.8. The number of esters is 1. The molecule has 0 amide bonds. The molecule has 1 aromatic carbocycles. The van der Waals surface area contributed by atoms with Crippen molar-refractivity contribution in [3.8, 4) is 0 Å². The van der Waals surface area contributed by atoms with E-state index in [0.29, 0.717) is 17.8 Å². The highest BCUT2D eigenvalue weighted by atomic mass is 32.1. The normalized spacial score (nSPS) is 36.2. The van der Waals surface area contributed by atoms with Crippen molar-refractivity contribution in [2.24, 2.45) is 23.2 Å². The van der Waals surface area contributed by atoms with E-state index < -0.39 is 0 Å². The molecule has 28 heavy (non-hydrogen) atoms. The summed E-state index contributed by atoms with van der Waals surface area (Å²) in [7, 11) is 0. The largest absolute Gasteiger partial charge is 0.461 e. The first-order chi connectivity index (χ1) is 13.5. The third-order valence-electron chi connectivity index (χ3n) is 7.44. The van der Waals surface area contributed by atoms with Crippen molar-refractivity contribution in [2.45, 2.75) is 58.6 Å². The fourth-order valence-electron chi connectivity index (χ4n) is 5.93. The van der Waals surface area contributed by atoms with E-state index in [1.165, 1.54) is 22.6 Å². The SMILES string of the molecule is C[C@@H]1C(=O)O[C@@H]2[C@H]1CC[C@]1(C)Cc3sc(NCc4ccccc4)nc3[C@H](C)[C@H]21. The molecule has 2 fully saturated rings. The molecule has 4 nitrogen and oxygen atoms in total. The van der Waals surface area contributed by atoms with Crippen LogP contribution in [0.2, 0.25) is 0 Å². The van der Waals surface area contributed by atoms with Gasteiger partial charge in [0, 0.05) is 29.2 Å². The van der Waals surface area contributed by atoms with Gasteiger partial charge in [0.1, 0.15) is 6.10 Å². The molecule has 3 aliphatic rings. The molecule has 1 aromatic heterocycles. The second-order valence-electron chi connectivity index (χ2n) is 9.20. The number of benzene rings is 1. The van der Waals surface area contributed by atoms with Gasteiger partial charge in [-0.05, 0) is 30.2 Å². The molecular formula is C23H28N2O2S. The third kappa shape index (κ3) is 2.78. The first kappa shape index (κ1) is 18.2. The van der Waals surface area contributed by atoms with Crippen molar-refractivity contribution in [1.29, 1.82) is 0 Å². The van der Waals surface area contributed by atoms with Gasteiger partial charge in [-0.2, -0.15) is 0 Å². The zero-order chi connectivity index (χ0) is 19.5. The number of carbonyl (C=O) groups excluding carboxylic acids is 1. The predicted octanol–water partition coefficient (Wildman–Crippen LogP) is 5.01. The standard InChI is InChI=1S/C23H28N2O2S/c1-13-16-9-10-23(3)11-17-19(14(2)18(23)20(16)27-21(13)26)25-22(28-17)24-12-15-7-5-4-6-8-15/h4-8,13-14,16,18,20H,9-12H2,1-3H3,(H,24,25)/t13-,14+,16-,18+,20+,23+/m0/s1. The summed E-state index contributed by atoms with van der Waals surface area (Å²) in [6.45, 7) is 7.53. The van der Waals surface area contributed by atoms with Crippen LogP contribution < -0.4 is 5.32 Å². The van der Waals surface area contributed by atoms with Crippen molar-refractivity contribution >= 4 is 22.4 Å². The Kier molecular flexibility index (Phi) is 4.27. The number of thiazole rings is 1. The van der Waals surface area contributed by atoms with E-state index >= 15 is 0 Å². The summed E-state index contributed by atoms with van der Waals surface area (Å²) in [5.41, 5.74) is 2.68. The zero-order valence-corrected chi connectivity index (χ0v) is 17.6. The van der Waals surface area contributed by atoms with Crippen LogP contribution in [0.4, 0.5) is 5.13 Å². The minimum atomic E-state index is 0.000687. The highest BCUT2D eigenvalue weighted by Gasteiger charge is 2.58. The van der Waals surface area contributed by atoms with E-state index in [9.17, 15) is 4.79 Å². The van der Waals surface area contributed by atoms with Crippen molar-refractivity contribution in [3.63, 3.8) is 0 Å². The highest BCUT2D eigenvalue weighted by Crippen LogP contribution is 2.59. The summed E-state index contributed by atoms with van der Waals surface area (Å²) >= 11 is 1.81. The molecule has 5 heteroatoms. The molecule has 148 valence electrons. The fraction of sp³-hybridized carbons (Fsp3) is 0.565. The number of hydrogen-bond acceptors (Lipinski definition) is 5. The van der Waals surface area contributed by atoms with Crippen LogP contribution in [0.25, 0.3) is 0 Å². The number of aromatic nitrogens is 1. The minimum Gasteiger partial charge on any atom is -0.461 e. The van der Waals surface area contributed by atoms with Gasteiger partial charge in [-0.15, -0.1) is 11.3 Å². The average molecular weight is 397 g/mol. The monoisotopic (exact) mass is 396 g/mol. The fourth-order valence-corrected chi connectivity index (χ4v) is 7.19. The Labute approximate surface area is 170 Å². The van der Waals surface area contributed by atoms with Gasteiger partial charge in [-0.25, -0.2) is 4.98 Å². The molecule has 2 aliphatic carbocycles. The Bertz CT molecular complexity index is 895. The quantitative estimate of drug-likeness (QED) is 0.741. The van der Waals surface area contributed by atoms with Gasteiger partial charge in [0.2, 0.25) is 0 Å². The molecule has 0 bridgehead atoms. The van der Waals surface area contributed by atoms with Crippen molar-refractivity contribution < 1.29 is 9.53 Å². The third-order valence-corrected chi connectivity index (χ3v) is 8.47. The minimum absolute atomic E-state index is 0.000687. The van der Waals surface area contributed by atoms with Crippen LogP contribution in [0.15, 0.2) is 30.3 Å². The molecular weight excluding hydrogens is 368 g/mol. The Morgan fingerprint density at radius 2 is 2.04 bits per heavy atom. The smallest absolute Gasteiger partial charge is 0.309 e. The van der Waals surface area contributed by atoms with E-state index in [-0.39, 0.29) is 23.4 Å². The highest BCUT2D eigenvalue weighted by molar-refractivity contribution is 7.15. The van der Waals surface area contributed by atoms with Crippen molar-refractivity contribution in [2.75, 3.05) is 5.32 Å². The lowest BCUT2D eigenvalue weighted by Gasteiger charge is -2.51. The Morgan fingerprint density at radius 1 is 1.25 bits per heavy atom. The maximum absolute atomic E-state index is 12.2. The lowest BCUT2D eigenvalue weighted by molar-refractivity contribution is -0.149. The lowest BCUT2D eigenvalue weighted by atomic mass is 9.54. The van der Waals surface area contributed by atoms with Crippen LogP contribution in [0.3, 0.4) is 0 Å². The predicted molar refractivity (Wildman–Crippen MR) is 111 cm³/mol. The molecule has 1 aliphatic heterocycles. The summed E-state index contributed by atoms with van der Waals surface area (Å²) in [5.74, 6) is 1.12. The van der Waals surface area contributed by atoms with Crippen LogP contribution in [0.5, 0.6) is 0 Å². The summed E-state index contributed by atoms with van der Waals surface area (Å²) in [6, 6.07) is 10.4. The molecule has 0 radical (unpaired) electrons. The number of hydrogen-bond donors (Lipinski definition) is 1. The topological polar surface area (TPSA) is 51.2 Å². The Balaban J connectivity index is 1.41. The van der Waals surface area contributed by atoms with Crippen LogP contribution in [-0.4, -0.2) is 17.1 Å². The second kappa shape index (κ2) is 6.58. The first-order valence-corrected chi connectivity index (χ1v) is 11.3. The van der Waals surface area contributed by atoms with Gasteiger partial charge in [0.15, 0.2) is 5.13 Å². The second-order valence-corrected chi connectivity index (χ2v) is 10.3. The van der Waals surface area contributed by atoms with E-state index in [2.05, 4.69) is 43.4 Å². The number of carbonyl (C=O) groups is 1. The molecule has 1 saturated carbocycles. The molecule has 1 N–H and O–H groups in total. The van der Waals surface area contributed by atoms with Crippen LogP contribution in [-0.2, 0) is 22.5 Å². The van der Waals surface area contributed by atoms with Gasteiger partial charge in [0.25, 0.3) is 0 Å². The molecule has 6 atom stereocenters. The van der Waals surface area contributed by atoms with Gasteiger partial charge in [0.05, 0.1) is 11.6 Å². The van der Waals surface area contributed by atoms with E-state index in [0.717, 1.165) is 24.5 Å².